The van der Waals surface area contributed by atoms with Crippen LogP contribution in [0.1, 0.15) is 24.2 Å². The fourth-order valence-electron chi connectivity index (χ4n) is 1.76. The molecule has 1 N–H and O–H groups in total. The lowest BCUT2D eigenvalue weighted by molar-refractivity contribution is 0.0949. The zero-order chi connectivity index (χ0) is 13.8. The van der Waals surface area contributed by atoms with Crippen molar-refractivity contribution in [1.82, 2.24) is 10.3 Å². The highest BCUT2D eigenvalue weighted by atomic mass is 16.5. The molecule has 1 amide bonds. The van der Waals surface area contributed by atoms with Gasteiger partial charge in [-0.05, 0) is 30.2 Å². The summed E-state index contributed by atoms with van der Waals surface area (Å²) < 4.78 is 5.17. The van der Waals surface area contributed by atoms with Gasteiger partial charge in [-0.1, -0.05) is 13.8 Å². The van der Waals surface area contributed by atoms with Crippen LogP contribution < -0.4 is 10.1 Å². The molecule has 0 fully saturated rings. The van der Waals surface area contributed by atoms with Gasteiger partial charge < -0.3 is 10.1 Å². The number of hydrogen-bond acceptors (Lipinski definition) is 3. The second-order valence-electron chi connectivity index (χ2n) is 4.89. The van der Waals surface area contributed by atoms with Crippen molar-refractivity contribution in [1.29, 1.82) is 0 Å². The maximum Gasteiger partial charge on any atom is 0.252 e. The van der Waals surface area contributed by atoms with Gasteiger partial charge >= 0.3 is 0 Å². The molecule has 0 bridgehead atoms. The quantitative estimate of drug-likeness (QED) is 0.917. The Kier molecular flexibility index (Phi) is 4.00. The Balaban J connectivity index is 2.27. The first-order valence-electron chi connectivity index (χ1n) is 6.32. The van der Waals surface area contributed by atoms with E-state index in [0.29, 0.717) is 18.0 Å². The fourth-order valence-corrected chi connectivity index (χ4v) is 1.76. The molecule has 19 heavy (non-hydrogen) atoms. The van der Waals surface area contributed by atoms with Crippen LogP contribution in [0, 0.1) is 5.92 Å². The summed E-state index contributed by atoms with van der Waals surface area (Å²) in [6, 6.07) is 7.44. The van der Waals surface area contributed by atoms with E-state index in [1.807, 2.05) is 24.3 Å². The maximum atomic E-state index is 12.0. The molecule has 1 heterocycles. The van der Waals surface area contributed by atoms with Crippen LogP contribution in [0.2, 0.25) is 0 Å². The molecule has 0 aliphatic heterocycles. The van der Waals surface area contributed by atoms with Gasteiger partial charge in [0, 0.05) is 18.1 Å². The van der Waals surface area contributed by atoms with E-state index in [-0.39, 0.29) is 5.91 Å². The second kappa shape index (κ2) is 5.69. The van der Waals surface area contributed by atoms with Crippen molar-refractivity contribution in [2.45, 2.75) is 13.8 Å². The lowest BCUT2D eigenvalue weighted by Gasteiger charge is -2.08. The van der Waals surface area contributed by atoms with Gasteiger partial charge in [-0.3, -0.25) is 9.78 Å². The molecule has 0 unspecified atom stereocenters. The Hall–Kier alpha value is -2.10. The molecule has 1 aromatic heterocycles. The van der Waals surface area contributed by atoms with E-state index in [1.165, 1.54) is 0 Å². The largest absolute Gasteiger partial charge is 0.497 e. The summed E-state index contributed by atoms with van der Waals surface area (Å²) in [5.41, 5.74) is 1.42. The van der Waals surface area contributed by atoms with Crippen LogP contribution in [-0.4, -0.2) is 24.5 Å². The molecule has 4 heteroatoms. The summed E-state index contributed by atoms with van der Waals surface area (Å²) in [5.74, 6) is 1.09. The third kappa shape index (κ3) is 3.22. The van der Waals surface area contributed by atoms with Crippen LogP contribution >= 0.6 is 0 Å². The zero-order valence-corrected chi connectivity index (χ0v) is 11.4. The molecular weight excluding hydrogens is 240 g/mol. The van der Waals surface area contributed by atoms with Crippen molar-refractivity contribution in [2.24, 2.45) is 5.92 Å². The van der Waals surface area contributed by atoms with Gasteiger partial charge in [0.15, 0.2) is 0 Å². The van der Waals surface area contributed by atoms with Crippen molar-refractivity contribution < 1.29 is 9.53 Å². The monoisotopic (exact) mass is 258 g/mol. The molecule has 0 aliphatic carbocycles. The second-order valence-corrected chi connectivity index (χ2v) is 4.89. The van der Waals surface area contributed by atoms with Crippen LogP contribution in [0.5, 0.6) is 5.75 Å². The first-order chi connectivity index (χ1) is 9.10. The number of nitrogens with one attached hydrogen (secondary N) is 1. The molecular formula is C15H18N2O2. The number of amides is 1. The lowest BCUT2D eigenvalue weighted by Crippen LogP contribution is -2.27. The summed E-state index contributed by atoms with van der Waals surface area (Å²) in [7, 11) is 1.62. The molecule has 0 saturated carbocycles. The van der Waals surface area contributed by atoms with E-state index in [4.69, 9.17) is 4.74 Å². The summed E-state index contributed by atoms with van der Waals surface area (Å²) >= 11 is 0. The predicted octanol–water partition coefficient (Wildman–Crippen LogP) is 2.63. The zero-order valence-electron chi connectivity index (χ0n) is 11.4. The van der Waals surface area contributed by atoms with Crippen molar-refractivity contribution in [3.05, 3.63) is 36.0 Å². The molecule has 2 aromatic rings. The minimum atomic E-state index is -0.0917. The number of rotatable bonds is 4. The molecule has 100 valence electrons. The van der Waals surface area contributed by atoms with Crippen LogP contribution in [0.3, 0.4) is 0 Å². The topological polar surface area (TPSA) is 51.2 Å². The van der Waals surface area contributed by atoms with Crippen molar-refractivity contribution in [3.8, 4) is 5.75 Å². The van der Waals surface area contributed by atoms with Crippen LogP contribution in [-0.2, 0) is 0 Å². The number of pyridine rings is 1. The van der Waals surface area contributed by atoms with Gasteiger partial charge in [0.1, 0.15) is 5.75 Å². The number of benzene rings is 1. The molecule has 0 saturated heterocycles. The molecule has 2 rings (SSSR count). The van der Waals surface area contributed by atoms with E-state index >= 15 is 0 Å². The number of fused-ring (bicyclic) bond motifs is 1. The molecule has 1 aromatic carbocycles. The Bertz CT molecular complexity index is 594. The van der Waals surface area contributed by atoms with E-state index in [2.05, 4.69) is 24.1 Å². The Morgan fingerprint density at radius 2 is 2.16 bits per heavy atom. The van der Waals surface area contributed by atoms with Gasteiger partial charge in [-0.15, -0.1) is 0 Å². The highest BCUT2D eigenvalue weighted by molar-refractivity contribution is 5.97. The minimum Gasteiger partial charge on any atom is -0.497 e. The number of hydrogen-bond donors (Lipinski definition) is 1. The number of methoxy groups -OCH3 is 1. The molecule has 4 nitrogen and oxygen atoms in total. The third-order valence-corrected chi connectivity index (χ3v) is 2.82. The molecule has 0 atom stereocenters. The standard InChI is InChI=1S/C15H18N2O2/c1-10(2)8-17-15(18)12-6-11-7-13(19-3)4-5-14(11)16-9-12/h4-7,9-10H,8H2,1-3H3,(H,17,18). The first kappa shape index (κ1) is 13.3. The number of carbonyl (C=O) groups is 1. The van der Waals surface area contributed by atoms with Gasteiger partial charge in [0.25, 0.3) is 5.91 Å². The Labute approximate surface area is 112 Å². The number of ether oxygens (including phenoxy) is 1. The highest BCUT2D eigenvalue weighted by Gasteiger charge is 2.08. The van der Waals surface area contributed by atoms with Crippen LogP contribution in [0.4, 0.5) is 0 Å². The SMILES string of the molecule is COc1ccc2ncc(C(=O)NCC(C)C)cc2c1. The van der Waals surface area contributed by atoms with Crippen molar-refractivity contribution >= 4 is 16.8 Å². The predicted molar refractivity (Wildman–Crippen MR) is 75.5 cm³/mol. The number of nitrogens with zero attached hydrogens (tertiary/aromatic N) is 1. The van der Waals surface area contributed by atoms with Gasteiger partial charge in [-0.2, -0.15) is 0 Å². The smallest absolute Gasteiger partial charge is 0.252 e. The number of carbonyl (C=O) groups excluding carboxylic acids is 1. The average Bonchev–Trinajstić information content (AvgIpc) is 2.43. The van der Waals surface area contributed by atoms with Gasteiger partial charge in [0.2, 0.25) is 0 Å². The fraction of sp³-hybridized carbons (Fsp3) is 0.333. The summed E-state index contributed by atoms with van der Waals surface area (Å²) in [6.45, 7) is 4.78. The maximum absolute atomic E-state index is 12.0. The van der Waals surface area contributed by atoms with Crippen LogP contribution in [0.15, 0.2) is 30.5 Å². The third-order valence-electron chi connectivity index (χ3n) is 2.82. The van der Waals surface area contributed by atoms with E-state index < -0.39 is 0 Å². The van der Waals surface area contributed by atoms with E-state index in [9.17, 15) is 4.79 Å². The molecule has 0 spiro atoms. The Morgan fingerprint density at radius 3 is 2.84 bits per heavy atom. The van der Waals surface area contributed by atoms with Crippen LogP contribution in [0.25, 0.3) is 10.9 Å². The average molecular weight is 258 g/mol. The summed E-state index contributed by atoms with van der Waals surface area (Å²) in [5, 5.41) is 3.78. The summed E-state index contributed by atoms with van der Waals surface area (Å²) in [4.78, 5) is 16.3. The number of aromatic nitrogens is 1. The minimum absolute atomic E-state index is 0.0917. The van der Waals surface area contributed by atoms with Crippen molar-refractivity contribution in [2.75, 3.05) is 13.7 Å². The molecule has 0 radical (unpaired) electrons. The Morgan fingerprint density at radius 1 is 1.37 bits per heavy atom. The van der Waals surface area contributed by atoms with Crippen molar-refractivity contribution in [3.63, 3.8) is 0 Å². The lowest BCUT2D eigenvalue weighted by atomic mass is 10.1. The molecule has 0 aliphatic rings. The van der Waals surface area contributed by atoms with Gasteiger partial charge in [0.05, 0.1) is 18.2 Å². The van der Waals surface area contributed by atoms with E-state index in [1.54, 1.807) is 13.3 Å². The normalized spacial score (nSPS) is 10.7. The summed E-state index contributed by atoms with van der Waals surface area (Å²) in [6.07, 6.45) is 1.60. The first-order valence-corrected chi connectivity index (χ1v) is 6.32. The van der Waals surface area contributed by atoms with E-state index in [0.717, 1.165) is 16.7 Å². The highest BCUT2D eigenvalue weighted by Crippen LogP contribution is 2.19. The van der Waals surface area contributed by atoms with Gasteiger partial charge in [-0.25, -0.2) is 0 Å².